The van der Waals surface area contributed by atoms with Gasteiger partial charge in [0, 0.05) is 13.1 Å². The zero-order valence-corrected chi connectivity index (χ0v) is 10.7. The van der Waals surface area contributed by atoms with Crippen molar-refractivity contribution in [3.63, 3.8) is 0 Å². The Morgan fingerprint density at radius 1 is 1.59 bits per heavy atom. The Hall–Kier alpha value is -1.22. The third-order valence-electron chi connectivity index (χ3n) is 3.10. The van der Waals surface area contributed by atoms with Crippen molar-refractivity contribution < 1.29 is 4.79 Å². The number of rotatable bonds is 4. The molecule has 0 amide bonds. The summed E-state index contributed by atoms with van der Waals surface area (Å²) in [4.78, 5) is 13.3. The Morgan fingerprint density at radius 2 is 2.41 bits per heavy atom. The highest BCUT2D eigenvalue weighted by atomic mass is 35.5. The molecule has 17 heavy (non-hydrogen) atoms. The van der Waals surface area contributed by atoms with Gasteiger partial charge in [-0.3, -0.25) is 0 Å². The van der Waals surface area contributed by atoms with Crippen LogP contribution in [-0.4, -0.2) is 25.4 Å². The molecule has 3 nitrogen and oxygen atoms in total. The number of benzene rings is 1. The fourth-order valence-electron chi connectivity index (χ4n) is 2.16. The first-order chi connectivity index (χ1) is 8.27. The van der Waals surface area contributed by atoms with Gasteiger partial charge in [-0.15, -0.1) is 0 Å². The topological polar surface area (TPSA) is 32.3 Å². The van der Waals surface area contributed by atoms with E-state index < -0.39 is 0 Å². The molecule has 0 fully saturated rings. The number of anilines is 2. The van der Waals surface area contributed by atoms with Crippen molar-refractivity contribution in [2.45, 2.75) is 25.8 Å². The summed E-state index contributed by atoms with van der Waals surface area (Å²) < 4.78 is 0. The molecule has 0 bridgehead atoms. The van der Waals surface area contributed by atoms with Gasteiger partial charge < -0.3 is 15.0 Å². The van der Waals surface area contributed by atoms with Crippen molar-refractivity contribution in [2.75, 3.05) is 23.3 Å². The van der Waals surface area contributed by atoms with Crippen molar-refractivity contribution >= 4 is 29.3 Å². The molecule has 92 valence electrons. The minimum atomic E-state index is -0.0903. The molecule has 0 saturated heterocycles. The fraction of sp³-hybridized carbons (Fsp3) is 0.462. The number of halogens is 1. The molecule has 1 N–H and O–H groups in total. The van der Waals surface area contributed by atoms with Crippen molar-refractivity contribution in [1.82, 2.24) is 0 Å². The molecule has 4 heteroatoms. The molecule has 0 aliphatic carbocycles. The highest BCUT2D eigenvalue weighted by Gasteiger charge is 2.26. The van der Waals surface area contributed by atoms with Crippen LogP contribution < -0.4 is 10.2 Å². The summed E-state index contributed by atoms with van der Waals surface area (Å²) in [6.45, 7) is 3.68. The maximum Gasteiger partial charge on any atom is 0.144 e. The van der Waals surface area contributed by atoms with Crippen LogP contribution in [0.3, 0.4) is 0 Å². The van der Waals surface area contributed by atoms with Gasteiger partial charge in [0.1, 0.15) is 12.3 Å². The lowest BCUT2D eigenvalue weighted by molar-refractivity contribution is -0.108. The summed E-state index contributed by atoms with van der Waals surface area (Å²) in [6.07, 6.45) is 3.20. The Kier molecular flexibility index (Phi) is 3.89. The van der Waals surface area contributed by atoms with Crippen LogP contribution in [0, 0.1) is 0 Å². The van der Waals surface area contributed by atoms with Gasteiger partial charge in [-0.2, -0.15) is 0 Å². The van der Waals surface area contributed by atoms with E-state index in [0.717, 1.165) is 37.0 Å². The van der Waals surface area contributed by atoms with Gasteiger partial charge >= 0.3 is 0 Å². The van der Waals surface area contributed by atoms with Gasteiger partial charge in [-0.1, -0.05) is 31.0 Å². The van der Waals surface area contributed by atoms with Crippen LogP contribution in [0.25, 0.3) is 0 Å². The Morgan fingerprint density at radius 3 is 3.12 bits per heavy atom. The minimum Gasteiger partial charge on any atom is -0.380 e. The highest BCUT2D eigenvalue weighted by Crippen LogP contribution is 2.36. The lowest BCUT2D eigenvalue weighted by Crippen LogP contribution is -2.45. The van der Waals surface area contributed by atoms with Gasteiger partial charge in [-0.25, -0.2) is 0 Å². The van der Waals surface area contributed by atoms with Gasteiger partial charge in [0.15, 0.2) is 0 Å². The average Bonchev–Trinajstić information content (AvgIpc) is 2.36. The van der Waals surface area contributed by atoms with Crippen LogP contribution in [0.1, 0.15) is 19.8 Å². The summed E-state index contributed by atoms with van der Waals surface area (Å²) in [5.74, 6) is 0. The normalized spacial score (nSPS) is 18.5. The van der Waals surface area contributed by atoms with E-state index in [2.05, 4.69) is 17.1 Å². The molecule has 2 rings (SSSR count). The molecule has 0 radical (unpaired) electrons. The molecule has 0 aromatic heterocycles. The number of fused-ring (bicyclic) bond motifs is 1. The number of aldehydes is 1. The summed E-state index contributed by atoms with van der Waals surface area (Å²) >= 11 is 6.15. The minimum absolute atomic E-state index is 0.0903. The van der Waals surface area contributed by atoms with E-state index in [1.54, 1.807) is 0 Å². The standard InChI is InChI=1S/C13H17ClN2O/c1-2-3-7-16-10(9-17)8-15-13-11(14)5-4-6-12(13)16/h4-6,9-10,15H,2-3,7-8H2,1H3. The average molecular weight is 253 g/mol. The first-order valence-corrected chi connectivity index (χ1v) is 6.40. The quantitative estimate of drug-likeness (QED) is 0.837. The molecule has 1 unspecified atom stereocenters. The number of para-hydroxylation sites is 1. The zero-order valence-electron chi connectivity index (χ0n) is 9.95. The third-order valence-corrected chi connectivity index (χ3v) is 3.41. The second-order valence-electron chi connectivity index (χ2n) is 4.27. The molecule has 1 aromatic carbocycles. The SMILES string of the molecule is CCCCN1c2cccc(Cl)c2NCC1C=O. The summed E-state index contributed by atoms with van der Waals surface area (Å²) in [6, 6.07) is 5.72. The number of hydrogen-bond acceptors (Lipinski definition) is 3. The number of nitrogens with zero attached hydrogens (tertiary/aromatic N) is 1. The van der Waals surface area contributed by atoms with Gasteiger partial charge in [-0.05, 0) is 18.6 Å². The lowest BCUT2D eigenvalue weighted by Gasteiger charge is -2.37. The smallest absolute Gasteiger partial charge is 0.144 e. The number of hydrogen-bond donors (Lipinski definition) is 1. The molecule has 1 atom stereocenters. The predicted molar refractivity (Wildman–Crippen MR) is 72.0 cm³/mol. The first-order valence-electron chi connectivity index (χ1n) is 6.02. The molecule has 1 aromatic rings. The molecule has 1 aliphatic heterocycles. The number of nitrogens with one attached hydrogen (secondary N) is 1. The molecule has 0 spiro atoms. The first kappa shape index (κ1) is 12.2. The third kappa shape index (κ3) is 2.39. The Balaban J connectivity index is 2.32. The van der Waals surface area contributed by atoms with E-state index in [0.29, 0.717) is 11.6 Å². The zero-order chi connectivity index (χ0) is 12.3. The lowest BCUT2D eigenvalue weighted by atomic mass is 10.1. The van der Waals surface area contributed by atoms with Crippen molar-refractivity contribution in [1.29, 1.82) is 0 Å². The number of carbonyl (C=O) groups is 1. The fourth-order valence-corrected chi connectivity index (χ4v) is 2.40. The van der Waals surface area contributed by atoms with E-state index in [1.165, 1.54) is 0 Å². The molecule has 1 heterocycles. The molecule has 0 saturated carbocycles. The molecular formula is C13H17ClN2O. The van der Waals surface area contributed by atoms with E-state index >= 15 is 0 Å². The summed E-state index contributed by atoms with van der Waals surface area (Å²) in [5, 5.41) is 3.95. The number of carbonyl (C=O) groups excluding carboxylic acids is 1. The van der Waals surface area contributed by atoms with E-state index in [4.69, 9.17) is 11.6 Å². The Bertz CT molecular complexity index is 408. The van der Waals surface area contributed by atoms with Crippen molar-refractivity contribution in [3.8, 4) is 0 Å². The van der Waals surface area contributed by atoms with Gasteiger partial charge in [0.2, 0.25) is 0 Å². The highest BCUT2D eigenvalue weighted by molar-refractivity contribution is 6.34. The van der Waals surface area contributed by atoms with Gasteiger partial charge in [0.25, 0.3) is 0 Å². The maximum absolute atomic E-state index is 11.1. The molecular weight excluding hydrogens is 236 g/mol. The maximum atomic E-state index is 11.1. The molecule has 1 aliphatic rings. The second kappa shape index (κ2) is 5.41. The van der Waals surface area contributed by atoms with Crippen LogP contribution in [-0.2, 0) is 4.79 Å². The van der Waals surface area contributed by atoms with Crippen LogP contribution >= 0.6 is 11.6 Å². The monoisotopic (exact) mass is 252 g/mol. The van der Waals surface area contributed by atoms with Crippen LogP contribution in [0.4, 0.5) is 11.4 Å². The van der Waals surface area contributed by atoms with E-state index in [1.807, 2.05) is 18.2 Å². The van der Waals surface area contributed by atoms with Gasteiger partial charge in [0.05, 0.1) is 16.4 Å². The predicted octanol–water partition coefficient (Wildman–Crippen LogP) is 2.94. The van der Waals surface area contributed by atoms with Crippen molar-refractivity contribution in [3.05, 3.63) is 23.2 Å². The van der Waals surface area contributed by atoms with Crippen LogP contribution in [0.5, 0.6) is 0 Å². The van der Waals surface area contributed by atoms with Crippen LogP contribution in [0.15, 0.2) is 18.2 Å². The van der Waals surface area contributed by atoms with E-state index in [9.17, 15) is 4.79 Å². The summed E-state index contributed by atoms with van der Waals surface area (Å²) in [5.41, 5.74) is 1.98. The summed E-state index contributed by atoms with van der Waals surface area (Å²) in [7, 11) is 0. The van der Waals surface area contributed by atoms with Crippen LogP contribution in [0.2, 0.25) is 5.02 Å². The second-order valence-corrected chi connectivity index (χ2v) is 4.67. The Labute approximate surface area is 107 Å². The van der Waals surface area contributed by atoms with Crippen molar-refractivity contribution in [2.24, 2.45) is 0 Å². The van der Waals surface area contributed by atoms with E-state index in [-0.39, 0.29) is 6.04 Å². The largest absolute Gasteiger partial charge is 0.380 e. The number of unbranched alkanes of at least 4 members (excludes halogenated alkanes) is 1.